The quantitative estimate of drug-likeness (QED) is 0.736. The standard InChI is InChI=1S/C21H28N2O2/c1-2-24-20-10-6-7-11-21(20)25-17-16-22-12-14-23(15-13-22)18-19-8-4-3-5-9-19/h3-11H,2,12-18H2,1H3. The maximum atomic E-state index is 5.93. The molecule has 134 valence electrons. The number of piperazine rings is 1. The zero-order chi connectivity index (χ0) is 17.3. The van der Waals surface area contributed by atoms with Gasteiger partial charge in [-0.3, -0.25) is 9.80 Å². The van der Waals surface area contributed by atoms with E-state index in [9.17, 15) is 0 Å². The van der Waals surface area contributed by atoms with Crippen LogP contribution in [0.5, 0.6) is 11.5 Å². The number of hydrogen-bond acceptors (Lipinski definition) is 4. The number of hydrogen-bond donors (Lipinski definition) is 0. The van der Waals surface area contributed by atoms with Crippen LogP contribution in [0.25, 0.3) is 0 Å². The van der Waals surface area contributed by atoms with Crippen molar-refractivity contribution in [3.8, 4) is 11.5 Å². The van der Waals surface area contributed by atoms with Crippen molar-refractivity contribution in [3.63, 3.8) is 0 Å². The minimum atomic E-state index is 0.656. The van der Waals surface area contributed by atoms with Gasteiger partial charge in [0, 0.05) is 39.3 Å². The van der Waals surface area contributed by atoms with E-state index in [1.54, 1.807) is 0 Å². The van der Waals surface area contributed by atoms with Crippen molar-refractivity contribution in [2.45, 2.75) is 13.5 Å². The molecular weight excluding hydrogens is 312 g/mol. The molecule has 1 heterocycles. The summed E-state index contributed by atoms with van der Waals surface area (Å²) in [5, 5.41) is 0. The minimum Gasteiger partial charge on any atom is -0.490 e. The normalized spacial score (nSPS) is 15.9. The summed E-state index contributed by atoms with van der Waals surface area (Å²) in [7, 11) is 0. The van der Waals surface area contributed by atoms with Crippen LogP contribution in [-0.4, -0.2) is 55.7 Å². The highest BCUT2D eigenvalue weighted by atomic mass is 16.5. The summed E-state index contributed by atoms with van der Waals surface area (Å²) in [6.07, 6.45) is 0. The average molecular weight is 340 g/mol. The first-order chi connectivity index (χ1) is 12.3. The summed E-state index contributed by atoms with van der Waals surface area (Å²) >= 11 is 0. The molecule has 1 fully saturated rings. The van der Waals surface area contributed by atoms with Gasteiger partial charge >= 0.3 is 0 Å². The average Bonchev–Trinajstić information content (AvgIpc) is 2.66. The molecular formula is C21H28N2O2. The molecule has 4 nitrogen and oxygen atoms in total. The van der Waals surface area contributed by atoms with E-state index in [-0.39, 0.29) is 0 Å². The molecule has 0 aliphatic carbocycles. The molecule has 4 heteroatoms. The van der Waals surface area contributed by atoms with Gasteiger partial charge in [-0.15, -0.1) is 0 Å². The summed E-state index contributed by atoms with van der Waals surface area (Å²) in [4.78, 5) is 5.00. The molecule has 0 saturated carbocycles. The third-order valence-electron chi connectivity index (χ3n) is 4.53. The first kappa shape index (κ1) is 17.8. The van der Waals surface area contributed by atoms with E-state index in [2.05, 4.69) is 40.1 Å². The van der Waals surface area contributed by atoms with Crippen LogP contribution in [0.15, 0.2) is 54.6 Å². The van der Waals surface area contributed by atoms with Crippen molar-refractivity contribution in [1.82, 2.24) is 9.80 Å². The van der Waals surface area contributed by atoms with Crippen molar-refractivity contribution in [2.75, 3.05) is 45.9 Å². The molecule has 1 aliphatic rings. The molecule has 0 bridgehead atoms. The molecule has 3 rings (SSSR count). The summed E-state index contributed by atoms with van der Waals surface area (Å²) in [5.41, 5.74) is 1.40. The number of ether oxygens (including phenoxy) is 2. The Bertz CT molecular complexity index is 625. The van der Waals surface area contributed by atoms with E-state index in [0.29, 0.717) is 13.2 Å². The van der Waals surface area contributed by atoms with Gasteiger partial charge in [0.1, 0.15) is 6.61 Å². The molecule has 0 amide bonds. The second-order valence-electron chi connectivity index (χ2n) is 6.33. The summed E-state index contributed by atoms with van der Waals surface area (Å²) < 4.78 is 11.5. The van der Waals surface area contributed by atoms with Gasteiger partial charge in [0.2, 0.25) is 0 Å². The number of benzene rings is 2. The maximum Gasteiger partial charge on any atom is 0.161 e. The lowest BCUT2D eigenvalue weighted by Gasteiger charge is -2.34. The zero-order valence-corrected chi connectivity index (χ0v) is 15.1. The third-order valence-corrected chi connectivity index (χ3v) is 4.53. The van der Waals surface area contributed by atoms with Crippen molar-refractivity contribution in [2.24, 2.45) is 0 Å². The van der Waals surface area contributed by atoms with Crippen molar-refractivity contribution < 1.29 is 9.47 Å². The highest BCUT2D eigenvalue weighted by molar-refractivity contribution is 5.39. The first-order valence-corrected chi connectivity index (χ1v) is 9.18. The van der Waals surface area contributed by atoms with Gasteiger partial charge in [0.15, 0.2) is 11.5 Å². The van der Waals surface area contributed by atoms with Crippen LogP contribution >= 0.6 is 0 Å². The SMILES string of the molecule is CCOc1ccccc1OCCN1CCN(Cc2ccccc2)CC1. The Labute approximate surface area is 151 Å². The van der Waals surface area contributed by atoms with E-state index in [4.69, 9.17) is 9.47 Å². The van der Waals surface area contributed by atoms with Gasteiger partial charge in [-0.25, -0.2) is 0 Å². The zero-order valence-electron chi connectivity index (χ0n) is 15.1. The number of nitrogens with zero attached hydrogens (tertiary/aromatic N) is 2. The third kappa shape index (κ3) is 5.48. The topological polar surface area (TPSA) is 24.9 Å². The second kappa shape index (κ2) is 9.44. The van der Waals surface area contributed by atoms with E-state index in [1.165, 1.54) is 5.56 Å². The smallest absolute Gasteiger partial charge is 0.161 e. The lowest BCUT2D eigenvalue weighted by atomic mass is 10.2. The maximum absolute atomic E-state index is 5.93. The monoisotopic (exact) mass is 340 g/mol. The molecule has 0 N–H and O–H groups in total. The van der Waals surface area contributed by atoms with Crippen LogP contribution in [-0.2, 0) is 6.54 Å². The van der Waals surface area contributed by atoms with Gasteiger partial charge in [-0.2, -0.15) is 0 Å². The van der Waals surface area contributed by atoms with E-state index >= 15 is 0 Å². The van der Waals surface area contributed by atoms with Crippen LogP contribution in [0.4, 0.5) is 0 Å². The Hall–Kier alpha value is -2.04. The molecule has 1 saturated heterocycles. The minimum absolute atomic E-state index is 0.656. The fourth-order valence-electron chi connectivity index (χ4n) is 3.14. The lowest BCUT2D eigenvalue weighted by molar-refractivity contribution is 0.112. The molecule has 25 heavy (non-hydrogen) atoms. The molecule has 1 aliphatic heterocycles. The van der Waals surface area contributed by atoms with Gasteiger partial charge in [-0.05, 0) is 24.6 Å². The van der Waals surface area contributed by atoms with Gasteiger partial charge in [0.25, 0.3) is 0 Å². The van der Waals surface area contributed by atoms with Crippen molar-refractivity contribution in [1.29, 1.82) is 0 Å². The van der Waals surface area contributed by atoms with Crippen LogP contribution in [0.1, 0.15) is 12.5 Å². The van der Waals surface area contributed by atoms with Gasteiger partial charge < -0.3 is 9.47 Å². The number of para-hydroxylation sites is 2. The fraction of sp³-hybridized carbons (Fsp3) is 0.429. The second-order valence-corrected chi connectivity index (χ2v) is 6.33. The largest absolute Gasteiger partial charge is 0.490 e. The van der Waals surface area contributed by atoms with Gasteiger partial charge in [0.05, 0.1) is 6.61 Å². The van der Waals surface area contributed by atoms with Crippen molar-refractivity contribution >= 4 is 0 Å². The molecule has 0 aromatic heterocycles. The predicted molar refractivity (Wildman–Crippen MR) is 101 cm³/mol. The first-order valence-electron chi connectivity index (χ1n) is 9.18. The van der Waals surface area contributed by atoms with Crippen molar-refractivity contribution in [3.05, 3.63) is 60.2 Å². The fourth-order valence-corrected chi connectivity index (χ4v) is 3.14. The molecule has 0 spiro atoms. The van der Waals surface area contributed by atoms with E-state index < -0.39 is 0 Å². The van der Waals surface area contributed by atoms with Crippen LogP contribution in [0, 0.1) is 0 Å². The molecule has 2 aromatic rings. The van der Waals surface area contributed by atoms with Crippen LogP contribution < -0.4 is 9.47 Å². The van der Waals surface area contributed by atoms with E-state index in [0.717, 1.165) is 50.8 Å². The Morgan fingerprint density at radius 1 is 0.760 bits per heavy atom. The van der Waals surface area contributed by atoms with E-state index in [1.807, 2.05) is 31.2 Å². The Balaban J connectivity index is 1.38. The summed E-state index contributed by atoms with van der Waals surface area (Å²) in [6.45, 7) is 9.78. The highest BCUT2D eigenvalue weighted by Crippen LogP contribution is 2.26. The molecule has 0 atom stereocenters. The van der Waals surface area contributed by atoms with Gasteiger partial charge in [-0.1, -0.05) is 42.5 Å². The summed E-state index contributed by atoms with van der Waals surface area (Å²) in [5.74, 6) is 1.67. The molecule has 0 unspecified atom stereocenters. The Kier molecular flexibility index (Phi) is 6.71. The molecule has 2 aromatic carbocycles. The number of rotatable bonds is 8. The Morgan fingerprint density at radius 3 is 2.04 bits per heavy atom. The summed E-state index contributed by atoms with van der Waals surface area (Å²) in [6, 6.07) is 18.6. The highest BCUT2D eigenvalue weighted by Gasteiger charge is 2.16. The lowest BCUT2D eigenvalue weighted by Crippen LogP contribution is -2.47. The predicted octanol–water partition coefficient (Wildman–Crippen LogP) is 3.28. The van der Waals surface area contributed by atoms with Crippen LogP contribution in [0.2, 0.25) is 0 Å². The Morgan fingerprint density at radius 2 is 1.36 bits per heavy atom. The molecule has 0 radical (unpaired) electrons. The van der Waals surface area contributed by atoms with Crippen LogP contribution in [0.3, 0.4) is 0 Å².